The van der Waals surface area contributed by atoms with Crippen LogP contribution < -0.4 is 5.32 Å². The van der Waals surface area contributed by atoms with E-state index in [9.17, 15) is 4.79 Å². The van der Waals surface area contributed by atoms with E-state index >= 15 is 0 Å². The van der Waals surface area contributed by atoms with Gasteiger partial charge in [-0.1, -0.05) is 59.0 Å². The Morgan fingerprint density at radius 1 is 0.964 bits per heavy atom. The second-order valence-electron chi connectivity index (χ2n) is 6.38. The van der Waals surface area contributed by atoms with Gasteiger partial charge >= 0.3 is 0 Å². The van der Waals surface area contributed by atoms with Crippen LogP contribution in [0.1, 0.15) is 15.9 Å². The van der Waals surface area contributed by atoms with Crippen LogP contribution in [0.4, 0.5) is 5.13 Å². The van der Waals surface area contributed by atoms with Gasteiger partial charge in [-0.15, -0.1) is 5.10 Å². The van der Waals surface area contributed by atoms with Crippen molar-refractivity contribution in [3.05, 3.63) is 83.9 Å². The van der Waals surface area contributed by atoms with Crippen LogP contribution in [0.15, 0.2) is 72.8 Å². The zero-order valence-electron chi connectivity index (χ0n) is 14.7. The maximum Gasteiger partial charge on any atom is 0.257 e. The predicted molar refractivity (Wildman–Crippen MR) is 111 cm³/mol. The third-order valence-corrected chi connectivity index (χ3v) is 5.42. The summed E-state index contributed by atoms with van der Waals surface area (Å²) < 4.78 is 2.87. The van der Waals surface area contributed by atoms with Crippen molar-refractivity contribution < 1.29 is 4.79 Å². The van der Waals surface area contributed by atoms with Gasteiger partial charge in [-0.2, -0.15) is 0 Å². The van der Waals surface area contributed by atoms with Gasteiger partial charge in [-0.25, -0.2) is 9.67 Å². The molecule has 0 aliphatic heterocycles. The van der Waals surface area contributed by atoms with E-state index in [1.54, 1.807) is 12.1 Å². The number of carbonyl (C=O) groups is 1. The fourth-order valence-electron chi connectivity index (χ4n) is 3.08. The standard InChI is InChI=1S/C21H15N5OS/c27-20(23-21-22-16-8-4-5-9-19(16)28-21)15-10-11-18-17(12-15)24-25-26(18)13-14-6-2-1-3-7-14/h1-12H,13H2,(H,22,23,27). The molecule has 0 spiro atoms. The van der Waals surface area contributed by atoms with Crippen LogP contribution in [0.2, 0.25) is 0 Å². The molecule has 28 heavy (non-hydrogen) atoms. The molecule has 0 fully saturated rings. The number of nitrogens with zero attached hydrogens (tertiary/aromatic N) is 4. The van der Waals surface area contributed by atoms with Crippen molar-refractivity contribution in [2.24, 2.45) is 0 Å². The fourth-order valence-corrected chi connectivity index (χ4v) is 3.94. The summed E-state index contributed by atoms with van der Waals surface area (Å²) in [6.45, 7) is 0.634. The summed E-state index contributed by atoms with van der Waals surface area (Å²) in [7, 11) is 0. The first-order valence-electron chi connectivity index (χ1n) is 8.80. The molecule has 0 aliphatic rings. The summed E-state index contributed by atoms with van der Waals surface area (Å²) in [5, 5.41) is 11.9. The normalized spacial score (nSPS) is 11.1. The molecule has 2 heterocycles. The Balaban J connectivity index is 1.39. The molecule has 7 heteroatoms. The van der Waals surface area contributed by atoms with Crippen LogP contribution in [0.3, 0.4) is 0 Å². The molecule has 6 nitrogen and oxygen atoms in total. The summed E-state index contributed by atoms with van der Waals surface area (Å²) >= 11 is 1.45. The second kappa shape index (κ2) is 6.86. The van der Waals surface area contributed by atoms with Crippen molar-refractivity contribution in [3.8, 4) is 0 Å². The summed E-state index contributed by atoms with van der Waals surface area (Å²) in [5.74, 6) is -0.210. The molecular weight excluding hydrogens is 370 g/mol. The molecule has 0 aliphatic carbocycles. The van der Waals surface area contributed by atoms with Gasteiger partial charge in [0, 0.05) is 5.56 Å². The summed E-state index contributed by atoms with van der Waals surface area (Å²) in [6, 6.07) is 23.3. The number of benzene rings is 3. The fraction of sp³-hybridized carbons (Fsp3) is 0.0476. The second-order valence-corrected chi connectivity index (χ2v) is 7.41. The van der Waals surface area contributed by atoms with Gasteiger partial charge in [0.05, 0.1) is 22.3 Å². The van der Waals surface area contributed by atoms with E-state index in [1.807, 2.05) is 65.3 Å². The summed E-state index contributed by atoms with van der Waals surface area (Å²) in [4.78, 5) is 17.1. The number of anilines is 1. The van der Waals surface area contributed by atoms with Crippen LogP contribution in [-0.2, 0) is 6.54 Å². The minimum absolute atomic E-state index is 0.210. The summed E-state index contributed by atoms with van der Waals surface area (Å²) in [5.41, 5.74) is 4.13. The molecule has 5 rings (SSSR count). The SMILES string of the molecule is O=C(Nc1nc2ccccc2s1)c1ccc2c(c1)nnn2Cc1ccccc1. The van der Waals surface area contributed by atoms with Gasteiger partial charge in [-0.3, -0.25) is 10.1 Å². The Kier molecular flexibility index (Phi) is 4.06. The van der Waals surface area contributed by atoms with Crippen molar-refractivity contribution in [2.45, 2.75) is 6.54 Å². The molecular formula is C21H15N5OS. The number of nitrogens with one attached hydrogen (secondary N) is 1. The van der Waals surface area contributed by atoms with Crippen LogP contribution in [-0.4, -0.2) is 25.9 Å². The van der Waals surface area contributed by atoms with Crippen LogP contribution in [0, 0.1) is 0 Å². The van der Waals surface area contributed by atoms with Crippen molar-refractivity contribution in [1.29, 1.82) is 0 Å². The van der Waals surface area contributed by atoms with E-state index in [0.29, 0.717) is 22.8 Å². The zero-order valence-corrected chi connectivity index (χ0v) is 15.6. The highest BCUT2D eigenvalue weighted by Gasteiger charge is 2.13. The van der Waals surface area contributed by atoms with Gasteiger partial charge in [0.1, 0.15) is 5.52 Å². The molecule has 1 N–H and O–H groups in total. The van der Waals surface area contributed by atoms with Crippen molar-refractivity contribution >= 4 is 43.6 Å². The molecule has 0 saturated heterocycles. The van der Waals surface area contributed by atoms with Gasteiger partial charge in [-0.05, 0) is 35.9 Å². The van der Waals surface area contributed by atoms with Crippen LogP contribution in [0.25, 0.3) is 21.3 Å². The quantitative estimate of drug-likeness (QED) is 0.499. The first-order valence-corrected chi connectivity index (χ1v) is 9.62. The largest absolute Gasteiger partial charge is 0.298 e. The van der Waals surface area contributed by atoms with Gasteiger partial charge in [0.25, 0.3) is 5.91 Å². The smallest absolute Gasteiger partial charge is 0.257 e. The molecule has 1 amide bonds. The Morgan fingerprint density at radius 3 is 2.64 bits per heavy atom. The lowest BCUT2D eigenvalue weighted by atomic mass is 10.2. The van der Waals surface area contributed by atoms with Gasteiger partial charge in [0.15, 0.2) is 5.13 Å². The minimum Gasteiger partial charge on any atom is -0.298 e. The molecule has 0 saturated carbocycles. The number of rotatable bonds is 4. The lowest BCUT2D eigenvalue weighted by Crippen LogP contribution is -2.11. The minimum atomic E-state index is -0.210. The maximum atomic E-state index is 12.6. The molecule has 136 valence electrons. The molecule has 3 aromatic carbocycles. The predicted octanol–water partition coefficient (Wildman–Crippen LogP) is 4.34. The topological polar surface area (TPSA) is 72.7 Å². The highest BCUT2D eigenvalue weighted by Crippen LogP contribution is 2.26. The molecule has 2 aromatic heterocycles. The molecule has 0 bridgehead atoms. The zero-order chi connectivity index (χ0) is 18.9. The Labute approximate surface area is 164 Å². The van der Waals surface area contributed by atoms with Crippen LogP contribution in [0.5, 0.6) is 0 Å². The Morgan fingerprint density at radius 2 is 1.79 bits per heavy atom. The van der Waals surface area contributed by atoms with Crippen molar-refractivity contribution in [3.63, 3.8) is 0 Å². The molecule has 0 radical (unpaired) electrons. The first kappa shape index (κ1) is 16.6. The number of hydrogen-bond acceptors (Lipinski definition) is 5. The average molecular weight is 385 g/mol. The number of para-hydroxylation sites is 1. The third-order valence-electron chi connectivity index (χ3n) is 4.47. The van der Waals surface area contributed by atoms with Crippen molar-refractivity contribution in [2.75, 3.05) is 5.32 Å². The number of aromatic nitrogens is 4. The van der Waals surface area contributed by atoms with E-state index < -0.39 is 0 Å². The van der Waals surface area contributed by atoms with E-state index in [2.05, 4.69) is 20.6 Å². The van der Waals surface area contributed by atoms with Crippen LogP contribution >= 0.6 is 11.3 Å². The third kappa shape index (κ3) is 3.12. The van der Waals surface area contributed by atoms with Gasteiger partial charge < -0.3 is 0 Å². The van der Waals surface area contributed by atoms with E-state index in [1.165, 1.54) is 11.3 Å². The molecule has 5 aromatic rings. The lowest BCUT2D eigenvalue weighted by molar-refractivity contribution is 0.102. The monoisotopic (exact) mass is 385 g/mol. The van der Waals surface area contributed by atoms with E-state index in [4.69, 9.17) is 0 Å². The van der Waals surface area contributed by atoms with Crippen molar-refractivity contribution in [1.82, 2.24) is 20.0 Å². The molecule has 0 atom stereocenters. The first-order chi connectivity index (χ1) is 13.8. The van der Waals surface area contributed by atoms with Gasteiger partial charge in [0.2, 0.25) is 0 Å². The summed E-state index contributed by atoms with van der Waals surface area (Å²) in [6.07, 6.45) is 0. The number of thiazole rings is 1. The Hall–Kier alpha value is -3.58. The highest BCUT2D eigenvalue weighted by atomic mass is 32.1. The van der Waals surface area contributed by atoms with E-state index in [0.717, 1.165) is 21.3 Å². The highest BCUT2D eigenvalue weighted by molar-refractivity contribution is 7.22. The number of amides is 1. The number of hydrogen-bond donors (Lipinski definition) is 1. The number of carbonyl (C=O) groups excluding carboxylic acids is 1. The molecule has 0 unspecified atom stereocenters. The number of fused-ring (bicyclic) bond motifs is 2. The average Bonchev–Trinajstić information content (AvgIpc) is 3.32. The van der Waals surface area contributed by atoms with E-state index in [-0.39, 0.29) is 5.91 Å². The maximum absolute atomic E-state index is 12.6. The Bertz CT molecular complexity index is 1260. The lowest BCUT2D eigenvalue weighted by Gasteiger charge is -2.04.